The Balaban J connectivity index is 2.06. The number of aromatic nitrogens is 4. The van der Waals surface area contributed by atoms with Crippen molar-refractivity contribution in [1.82, 2.24) is 20.0 Å². The highest BCUT2D eigenvalue weighted by Gasteiger charge is 2.13. The number of aliphatic hydroxyl groups excluding tert-OH is 1. The molecule has 0 saturated carbocycles. The molecular formula is C12H17N5O2S. The number of hydrogen-bond acceptors (Lipinski definition) is 6. The Labute approximate surface area is 120 Å². The molecule has 2 aromatic rings. The molecule has 0 aromatic carbocycles. The van der Waals surface area contributed by atoms with Gasteiger partial charge in [-0.1, -0.05) is 5.21 Å². The molecule has 0 aliphatic carbocycles. The smallest absolute Gasteiger partial charge is 0.225 e. The van der Waals surface area contributed by atoms with E-state index in [1.165, 1.54) is 18.3 Å². The molecule has 0 saturated heterocycles. The molecule has 7 nitrogen and oxygen atoms in total. The number of carbonyl (C=O) groups is 1. The maximum absolute atomic E-state index is 11.5. The van der Waals surface area contributed by atoms with E-state index in [0.29, 0.717) is 24.6 Å². The molecule has 0 spiro atoms. The van der Waals surface area contributed by atoms with Crippen molar-refractivity contribution in [2.24, 2.45) is 0 Å². The molecule has 2 aromatic heterocycles. The standard InChI is InChI=1S/C12H17N5O2S/c1-3-17(9(2)19)12-13-11(8-20-12)7-16-6-10(4-5-18)14-15-16/h6,8,18H,3-5,7H2,1-2H3. The van der Waals surface area contributed by atoms with Crippen molar-refractivity contribution in [3.8, 4) is 0 Å². The van der Waals surface area contributed by atoms with E-state index in [2.05, 4.69) is 15.3 Å². The quantitative estimate of drug-likeness (QED) is 0.847. The summed E-state index contributed by atoms with van der Waals surface area (Å²) in [6, 6.07) is 0. The first-order valence-electron chi connectivity index (χ1n) is 6.36. The van der Waals surface area contributed by atoms with Gasteiger partial charge in [-0.2, -0.15) is 0 Å². The minimum Gasteiger partial charge on any atom is -0.396 e. The van der Waals surface area contributed by atoms with Gasteiger partial charge in [-0.25, -0.2) is 9.67 Å². The molecule has 0 aliphatic heterocycles. The van der Waals surface area contributed by atoms with E-state index in [9.17, 15) is 4.79 Å². The fourth-order valence-electron chi connectivity index (χ4n) is 1.80. The molecule has 0 unspecified atom stereocenters. The molecule has 108 valence electrons. The fraction of sp³-hybridized carbons (Fsp3) is 0.500. The topological polar surface area (TPSA) is 84.1 Å². The Morgan fingerprint density at radius 3 is 2.95 bits per heavy atom. The van der Waals surface area contributed by atoms with Crippen LogP contribution in [0.2, 0.25) is 0 Å². The molecule has 1 N–H and O–H groups in total. The molecule has 0 radical (unpaired) electrons. The van der Waals surface area contributed by atoms with Crippen LogP contribution in [0.25, 0.3) is 0 Å². The van der Waals surface area contributed by atoms with Gasteiger partial charge in [0.1, 0.15) is 0 Å². The third-order valence-electron chi connectivity index (χ3n) is 2.74. The van der Waals surface area contributed by atoms with Gasteiger partial charge in [0, 0.05) is 38.1 Å². The van der Waals surface area contributed by atoms with E-state index in [0.717, 1.165) is 11.4 Å². The second-order valence-electron chi connectivity index (χ2n) is 4.27. The molecule has 0 fully saturated rings. The van der Waals surface area contributed by atoms with Crippen LogP contribution < -0.4 is 4.90 Å². The summed E-state index contributed by atoms with van der Waals surface area (Å²) in [5, 5.41) is 19.4. The van der Waals surface area contributed by atoms with E-state index < -0.39 is 0 Å². The Morgan fingerprint density at radius 1 is 1.50 bits per heavy atom. The summed E-state index contributed by atoms with van der Waals surface area (Å²) in [5.41, 5.74) is 1.59. The number of hydrogen-bond donors (Lipinski definition) is 1. The normalized spacial score (nSPS) is 10.8. The highest BCUT2D eigenvalue weighted by atomic mass is 32.1. The lowest BCUT2D eigenvalue weighted by atomic mass is 10.3. The molecule has 0 aliphatic rings. The van der Waals surface area contributed by atoms with Crippen LogP contribution in [0, 0.1) is 0 Å². The SMILES string of the molecule is CCN(C(C)=O)c1nc(Cn2cc(CCO)nn2)cs1. The van der Waals surface area contributed by atoms with Crippen molar-refractivity contribution in [3.63, 3.8) is 0 Å². The molecular weight excluding hydrogens is 278 g/mol. The molecule has 8 heteroatoms. The van der Waals surface area contributed by atoms with Gasteiger partial charge >= 0.3 is 0 Å². The highest BCUT2D eigenvalue weighted by molar-refractivity contribution is 7.14. The van der Waals surface area contributed by atoms with Gasteiger partial charge in [0.2, 0.25) is 5.91 Å². The number of thiazole rings is 1. The van der Waals surface area contributed by atoms with Crippen molar-refractivity contribution < 1.29 is 9.90 Å². The first-order valence-corrected chi connectivity index (χ1v) is 7.24. The second-order valence-corrected chi connectivity index (χ2v) is 5.10. The molecule has 0 bridgehead atoms. The summed E-state index contributed by atoms with van der Waals surface area (Å²) in [6.45, 7) is 4.62. The lowest BCUT2D eigenvalue weighted by molar-refractivity contribution is -0.116. The van der Waals surface area contributed by atoms with Gasteiger partial charge in [-0.3, -0.25) is 9.69 Å². The van der Waals surface area contributed by atoms with Crippen LogP contribution in [0.1, 0.15) is 25.2 Å². The number of rotatable bonds is 6. The van der Waals surface area contributed by atoms with Crippen LogP contribution in [-0.4, -0.2) is 44.1 Å². The van der Waals surface area contributed by atoms with Gasteiger partial charge < -0.3 is 5.11 Å². The summed E-state index contributed by atoms with van der Waals surface area (Å²) >= 11 is 1.44. The van der Waals surface area contributed by atoms with Crippen LogP contribution in [0.4, 0.5) is 5.13 Å². The zero-order valence-corrected chi connectivity index (χ0v) is 12.3. The summed E-state index contributed by atoms with van der Waals surface area (Å²) in [5.74, 6) is -0.0145. The van der Waals surface area contributed by atoms with Crippen LogP contribution in [0.3, 0.4) is 0 Å². The van der Waals surface area contributed by atoms with Gasteiger partial charge in [0.05, 0.1) is 17.9 Å². The Morgan fingerprint density at radius 2 is 2.30 bits per heavy atom. The average molecular weight is 295 g/mol. The monoisotopic (exact) mass is 295 g/mol. The summed E-state index contributed by atoms with van der Waals surface area (Å²) in [6.07, 6.45) is 2.29. The first-order chi connectivity index (χ1) is 9.63. The van der Waals surface area contributed by atoms with E-state index in [1.807, 2.05) is 12.3 Å². The molecule has 2 heterocycles. The lowest BCUT2D eigenvalue weighted by Crippen LogP contribution is -2.27. The number of amides is 1. The van der Waals surface area contributed by atoms with Crippen LogP contribution in [-0.2, 0) is 17.8 Å². The molecule has 1 amide bonds. The van der Waals surface area contributed by atoms with Crippen molar-refractivity contribution in [2.75, 3.05) is 18.1 Å². The van der Waals surface area contributed by atoms with E-state index in [4.69, 9.17) is 5.11 Å². The molecule has 0 atom stereocenters. The van der Waals surface area contributed by atoms with Crippen molar-refractivity contribution in [1.29, 1.82) is 0 Å². The third kappa shape index (κ3) is 3.40. The maximum atomic E-state index is 11.5. The van der Waals surface area contributed by atoms with Crippen LogP contribution >= 0.6 is 11.3 Å². The first kappa shape index (κ1) is 14.6. The van der Waals surface area contributed by atoms with Crippen molar-refractivity contribution in [2.45, 2.75) is 26.8 Å². The second kappa shape index (κ2) is 6.58. The lowest BCUT2D eigenvalue weighted by Gasteiger charge is -2.14. The minimum atomic E-state index is -0.0145. The zero-order chi connectivity index (χ0) is 14.5. The number of nitrogens with zero attached hydrogens (tertiary/aromatic N) is 5. The van der Waals surface area contributed by atoms with Gasteiger partial charge in [-0.05, 0) is 6.92 Å². The summed E-state index contributed by atoms with van der Waals surface area (Å²) in [4.78, 5) is 17.5. The summed E-state index contributed by atoms with van der Waals surface area (Å²) in [7, 11) is 0. The van der Waals surface area contributed by atoms with Gasteiger partial charge in [0.25, 0.3) is 0 Å². The van der Waals surface area contributed by atoms with Gasteiger partial charge in [0.15, 0.2) is 5.13 Å². The van der Waals surface area contributed by atoms with Crippen molar-refractivity contribution in [3.05, 3.63) is 23.0 Å². The van der Waals surface area contributed by atoms with E-state index in [1.54, 1.807) is 15.8 Å². The van der Waals surface area contributed by atoms with Crippen LogP contribution in [0.15, 0.2) is 11.6 Å². The molecule has 2 rings (SSSR count). The Bertz CT molecular complexity index is 580. The predicted octanol–water partition coefficient (Wildman–Crippen LogP) is 0.690. The zero-order valence-electron chi connectivity index (χ0n) is 11.5. The summed E-state index contributed by atoms with van der Waals surface area (Å²) < 4.78 is 1.67. The van der Waals surface area contributed by atoms with E-state index >= 15 is 0 Å². The number of anilines is 1. The minimum absolute atomic E-state index is 0.0145. The average Bonchev–Trinajstić information content (AvgIpc) is 3.01. The number of aliphatic hydroxyl groups is 1. The van der Waals surface area contributed by atoms with Crippen LogP contribution in [0.5, 0.6) is 0 Å². The molecule has 20 heavy (non-hydrogen) atoms. The largest absolute Gasteiger partial charge is 0.396 e. The maximum Gasteiger partial charge on any atom is 0.225 e. The third-order valence-corrected chi connectivity index (χ3v) is 3.66. The Kier molecular flexibility index (Phi) is 4.80. The predicted molar refractivity (Wildman–Crippen MR) is 75.7 cm³/mol. The van der Waals surface area contributed by atoms with E-state index in [-0.39, 0.29) is 12.5 Å². The highest BCUT2D eigenvalue weighted by Crippen LogP contribution is 2.21. The number of carbonyl (C=O) groups excluding carboxylic acids is 1. The van der Waals surface area contributed by atoms with Gasteiger partial charge in [-0.15, -0.1) is 16.4 Å². The van der Waals surface area contributed by atoms with Crippen molar-refractivity contribution >= 4 is 22.4 Å². The Hall–Kier alpha value is -1.80. The fourth-order valence-corrected chi connectivity index (χ4v) is 2.72.